The summed E-state index contributed by atoms with van der Waals surface area (Å²) < 4.78 is 32.6. The van der Waals surface area contributed by atoms with Crippen molar-refractivity contribution < 1.29 is 17.9 Å². The van der Waals surface area contributed by atoms with Crippen molar-refractivity contribution in [1.82, 2.24) is 9.62 Å². The molecule has 174 valence electrons. The number of carbonyl (C=O) groups excluding carboxylic acids is 1. The third-order valence-electron chi connectivity index (χ3n) is 5.72. The number of piperidine rings is 1. The van der Waals surface area contributed by atoms with Crippen molar-refractivity contribution in [1.29, 1.82) is 0 Å². The third kappa shape index (κ3) is 6.16. The zero-order valence-corrected chi connectivity index (χ0v) is 20.5. The van der Waals surface area contributed by atoms with E-state index < -0.39 is 10.0 Å². The van der Waals surface area contributed by atoms with Crippen molar-refractivity contribution in [2.45, 2.75) is 38.0 Å². The molecule has 0 saturated carbocycles. The molecule has 2 aromatic carbocycles. The molecule has 9 heteroatoms. The lowest BCUT2D eigenvalue weighted by molar-refractivity contribution is -0.126. The first kappa shape index (κ1) is 24.8. The van der Waals surface area contributed by atoms with E-state index in [1.54, 1.807) is 25.3 Å². The molecule has 1 amide bonds. The number of methoxy groups -OCH3 is 1. The van der Waals surface area contributed by atoms with Gasteiger partial charge in [0.1, 0.15) is 5.75 Å². The van der Waals surface area contributed by atoms with E-state index in [0.29, 0.717) is 35.0 Å². The third-order valence-corrected chi connectivity index (χ3v) is 8.28. The fourth-order valence-electron chi connectivity index (χ4n) is 3.89. The molecule has 1 aliphatic heterocycles. The summed E-state index contributed by atoms with van der Waals surface area (Å²) in [6.45, 7) is 2.59. The molecule has 0 bridgehead atoms. The Morgan fingerprint density at radius 1 is 1.19 bits per heavy atom. The fraction of sp³-hybridized carbons (Fsp3) is 0.435. The van der Waals surface area contributed by atoms with Gasteiger partial charge in [0.15, 0.2) is 0 Å². The number of nitrogens with one attached hydrogen (secondary N) is 1. The van der Waals surface area contributed by atoms with Gasteiger partial charge < -0.3 is 10.1 Å². The molecule has 3 rings (SSSR count). The maximum atomic E-state index is 13.0. The Kier molecular flexibility index (Phi) is 8.44. The summed E-state index contributed by atoms with van der Waals surface area (Å²) in [5, 5.41) is 3.79. The van der Waals surface area contributed by atoms with Gasteiger partial charge in [0.2, 0.25) is 15.9 Å². The van der Waals surface area contributed by atoms with Crippen molar-refractivity contribution in [2.75, 3.05) is 20.2 Å². The van der Waals surface area contributed by atoms with Crippen LogP contribution < -0.4 is 10.1 Å². The number of hydrogen-bond donors (Lipinski definition) is 1. The van der Waals surface area contributed by atoms with Gasteiger partial charge in [-0.2, -0.15) is 0 Å². The van der Waals surface area contributed by atoms with E-state index in [9.17, 15) is 13.2 Å². The fourth-order valence-corrected chi connectivity index (χ4v) is 5.81. The average molecular weight is 499 g/mol. The van der Waals surface area contributed by atoms with Crippen LogP contribution in [0.3, 0.4) is 0 Å². The minimum absolute atomic E-state index is 0.123. The number of hydrogen-bond acceptors (Lipinski definition) is 4. The molecule has 2 unspecified atom stereocenters. The molecule has 1 fully saturated rings. The van der Waals surface area contributed by atoms with Crippen molar-refractivity contribution in [3.63, 3.8) is 0 Å². The van der Waals surface area contributed by atoms with Gasteiger partial charge in [0, 0.05) is 13.1 Å². The van der Waals surface area contributed by atoms with Crippen LogP contribution in [0.2, 0.25) is 10.0 Å². The first-order chi connectivity index (χ1) is 15.2. The summed E-state index contributed by atoms with van der Waals surface area (Å²) in [5.74, 6) is 0.0635. The maximum Gasteiger partial charge on any atom is 0.224 e. The Morgan fingerprint density at radius 2 is 1.91 bits per heavy atom. The second-order valence-corrected chi connectivity index (χ2v) is 10.7. The average Bonchev–Trinajstić information content (AvgIpc) is 2.79. The Morgan fingerprint density at radius 3 is 2.53 bits per heavy atom. The molecule has 1 saturated heterocycles. The molecule has 0 aromatic heterocycles. The molecule has 2 aromatic rings. The summed E-state index contributed by atoms with van der Waals surface area (Å²) in [5.41, 5.74) is 1.55. The van der Waals surface area contributed by atoms with E-state index in [4.69, 9.17) is 27.9 Å². The van der Waals surface area contributed by atoms with Crippen LogP contribution in [0.4, 0.5) is 0 Å². The molecule has 32 heavy (non-hydrogen) atoms. The molecule has 0 spiro atoms. The van der Waals surface area contributed by atoms with Gasteiger partial charge in [0.25, 0.3) is 0 Å². The number of sulfonamides is 1. The van der Waals surface area contributed by atoms with Crippen LogP contribution in [-0.4, -0.2) is 38.8 Å². The molecule has 1 heterocycles. The van der Waals surface area contributed by atoms with Crippen LogP contribution in [0.15, 0.2) is 42.5 Å². The highest BCUT2D eigenvalue weighted by Crippen LogP contribution is 2.27. The van der Waals surface area contributed by atoms with Crippen molar-refractivity contribution >= 4 is 39.1 Å². The number of halogens is 2. The van der Waals surface area contributed by atoms with Gasteiger partial charge in [-0.15, -0.1) is 0 Å². The predicted octanol–water partition coefficient (Wildman–Crippen LogP) is 4.81. The lowest BCUT2D eigenvalue weighted by Gasteiger charge is -2.32. The second kappa shape index (κ2) is 10.9. The zero-order chi connectivity index (χ0) is 23.3. The molecular weight excluding hydrogens is 471 g/mol. The second-order valence-electron chi connectivity index (χ2n) is 7.94. The summed E-state index contributed by atoms with van der Waals surface area (Å²) in [7, 11) is -1.98. The quantitative estimate of drug-likeness (QED) is 0.566. The Balaban J connectivity index is 1.65. The van der Waals surface area contributed by atoms with E-state index in [2.05, 4.69) is 5.32 Å². The highest BCUT2D eigenvalue weighted by molar-refractivity contribution is 7.88. The van der Waals surface area contributed by atoms with Crippen LogP contribution in [0.25, 0.3) is 0 Å². The topological polar surface area (TPSA) is 75.7 Å². The van der Waals surface area contributed by atoms with Gasteiger partial charge >= 0.3 is 0 Å². The first-order valence-corrected chi connectivity index (χ1v) is 13.0. The zero-order valence-electron chi connectivity index (χ0n) is 18.2. The van der Waals surface area contributed by atoms with Gasteiger partial charge in [0.05, 0.1) is 34.9 Å². The van der Waals surface area contributed by atoms with Crippen LogP contribution in [0.1, 0.15) is 43.4 Å². The van der Waals surface area contributed by atoms with Crippen LogP contribution in [0.5, 0.6) is 5.75 Å². The lowest BCUT2D eigenvalue weighted by atomic mass is 9.97. The highest BCUT2D eigenvalue weighted by Gasteiger charge is 2.33. The molecular formula is C23H28Cl2N2O4S. The highest BCUT2D eigenvalue weighted by atomic mass is 35.5. The summed E-state index contributed by atoms with van der Waals surface area (Å²) in [4.78, 5) is 13.0. The van der Waals surface area contributed by atoms with E-state index >= 15 is 0 Å². The van der Waals surface area contributed by atoms with Gasteiger partial charge in [-0.3, -0.25) is 4.79 Å². The Labute approximate surface area is 199 Å². The van der Waals surface area contributed by atoms with Crippen LogP contribution in [0, 0.1) is 5.92 Å². The Bertz CT molecular complexity index is 1040. The molecule has 1 N–H and O–H groups in total. The van der Waals surface area contributed by atoms with E-state index in [0.717, 1.165) is 17.7 Å². The van der Waals surface area contributed by atoms with Crippen molar-refractivity contribution in [3.05, 3.63) is 63.6 Å². The van der Waals surface area contributed by atoms with Crippen molar-refractivity contribution in [2.24, 2.45) is 5.92 Å². The predicted molar refractivity (Wildman–Crippen MR) is 128 cm³/mol. The summed E-state index contributed by atoms with van der Waals surface area (Å²) in [6, 6.07) is 12.3. The summed E-state index contributed by atoms with van der Waals surface area (Å²) in [6.07, 6.45) is 2.02. The molecule has 6 nitrogen and oxygen atoms in total. The van der Waals surface area contributed by atoms with Gasteiger partial charge in [-0.05, 0) is 54.7 Å². The standard InChI is InChI=1S/C23H28Cl2N2O4S/c1-3-22(17-7-9-19(31-2)10-8-17)26-23(28)18-5-4-12-27(14-18)32(29,30)15-16-6-11-20(24)21(25)13-16/h6-11,13,18,22H,3-5,12,14-15H2,1-2H3,(H,26,28). The monoisotopic (exact) mass is 498 g/mol. The van der Waals surface area contributed by atoms with Crippen LogP contribution in [-0.2, 0) is 20.6 Å². The smallest absolute Gasteiger partial charge is 0.224 e. The maximum absolute atomic E-state index is 13.0. The number of ether oxygens (including phenoxy) is 1. The normalized spacial score (nSPS) is 18.2. The molecule has 0 aliphatic carbocycles. The largest absolute Gasteiger partial charge is 0.497 e. The van der Waals surface area contributed by atoms with E-state index in [1.807, 2.05) is 31.2 Å². The summed E-state index contributed by atoms with van der Waals surface area (Å²) >= 11 is 11.9. The van der Waals surface area contributed by atoms with Crippen molar-refractivity contribution in [3.8, 4) is 5.75 Å². The minimum Gasteiger partial charge on any atom is -0.497 e. The number of benzene rings is 2. The molecule has 1 aliphatic rings. The van der Waals surface area contributed by atoms with Crippen LogP contribution >= 0.6 is 23.2 Å². The minimum atomic E-state index is -3.59. The van der Waals surface area contributed by atoms with E-state index in [1.165, 1.54) is 4.31 Å². The number of nitrogens with zero attached hydrogens (tertiary/aromatic N) is 1. The molecule has 0 radical (unpaired) electrons. The van der Waals surface area contributed by atoms with E-state index in [-0.39, 0.29) is 30.2 Å². The molecule has 2 atom stereocenters. The Hall–Kier alpha value is -1.80. The lowest BCUT2D eigenvalue weighted by Crippen LogP contribution is -2.46. The van der Waals surface area contributed by atoms with Gasteiger partial charge in [-0.25, -0.2) is 12.7 Å². The SMILES string of the molecule is CCC(NC(=O)C1CCCN(S(=O)(=O)Cc2ccc(Cl)c(Cl)c2)C1)c1ccc(OC)cc1. The number of rotatable bonds is 8. The number of carbonyl (C=O) groups is 1. The first-order valence-electron chi connectivity index (χ1n) is 10.6. The van der Waals surface area contributed by atoms with Gasteiger partial charge in [-0.1, -0.05) is 48.3 Å². The number of amides is 1.